The van der Waals surface area contributed by atoms with Gasteiger partial charge in [-0.25, -0.2) is 8.42 Å². The average molecular weight is 525 g/mol. The van der Waals surface area contributed by atoms with E-state index in [1.807, 2.05) is 12.1 Å². The number of pyridine rings is 1. The van der Waals surface area contributed by atoms with E-state index in [9.17, 15) is 18.5 Å². The maximum atomic E-state index is 13.0. The number of nitro benzene ring substituents is 1. The highest BCUT2D eigenvalue weighted by Gasteiger charge is 2.22. The second kappa shape index (κ2) is 9.03. The third-order valence-corrected chi connectivity index (χ3v) is 6.70. The Morgan fingerprint density at radius 1 is 0.939 bits per heavy atom. The van der Waals surface area contributed by atoms with Crippen molar-refractivity contribution in [2.24, 2.45) is 0 Å². The van der Waals surface area contributed by atoms with Crippen molar-refractivity contribution in [3.05, 3.63) is 92.0 Å². The van der Waals surface area contributed by atoms with E-state index in [2.05, 4.69) is 9.71 Å². The fourth-order valence-corrected chi connectivity index (χ4v) is 5.00. The number of nitro groups is 1. The summed E-state index contributed by atoms with van der Waals surface area (Å²) in [6, 6.07) is 14.6. The molecule has 1 N–H and O–H groups in total. The van der Waals surface area contributed by atoms with Crippen LogP contribution in [0.4, 0.5) is 11.4 Å². The first-order valence-corrected chi connectivity index (χ1v) is 11.7. The van der Waals surface area contributed by atoms with E-state index in [1.165, 1.54) is 24.3 Å². The van der Waals surface area contributed by atoms with Gasteiger partial charge in [-0.3, -0.25) is 19.8 Å². The summed E-state index contributed by atoms with van der Waals surface area (Å²) >= 11 is 18.6. The van der Waals surface area contributed by atoms with Crippen LogP contribution in [0.1, 0.15) is 0 Å². The first-order chi connectivity index (χ1) is 15.7. The first kappa shape index (κ1) is 23.1. The highest BCUT2D eigenvalue weighted by atomic mass is 35.5. The maximum Gasteiger partial charge on any atom is 0.271 e. The summed E-state index contributed by atoms with van der Waals surface area (Å²) in [5, 5.41) is 11.4. The molecule has 1 aromatic heterocycles. The highest BCUT2D eigenvalue weighted by molar-refractivity contribution is 7.92. The minimum Gasteiger partial charge on any atom is -0.453 e. The average Bonchev–Trinajstić information content (AvgIpc) is 2.77. The lowest BCUT2D eigenvalue weighted by atomic mass is 10.2. The van der Waals surface area contributed by atoms with Crippen LogP contribution in [0.25, 0.3) is 10.9 Å². The van der Waals surface area contributed by atoms with E-state index < -0.39 is 14.9 Å². The van der Waals surface area contributed by atoms with Crippen LogP contribution in [0.5, 0.6) is 11.5 Å². The molecule has 0 unspecified atom stereocenters. The second-order valence-electron chi connectivity index (χ2n) is 6.68. The molecule has 0 bridgehead atoms. The Morgan fingerprint density at radius 2 is 1.64 bits per heavy atom. The molecule has 0 aliphatic heterocycles. The zero-order valence-electron chi connectivity index (χ0n) is 16.3. The molecule has 4 aromatic rings. The molecule has 0 fully saturated rings. The van der Waals surface area contributed by atoms with Crippen molar-refractivity contribution in [1.82, 2.24) is 4.98 Å². The van der Waals surface area contributed by atoms with Crippen LogP contribution < -0.4 is 9.46 Å². The van der Waals surface area contributed by atoms with Gasteiger partial charge in [-0.2, -0.15) is 0 Å². The second-order valence-corrected chi connectivity index (χ2v) is 9.58. The first-order valence-electron chi connectivity index (χ1n) is 9.13. The number of hydrogen-bond donors (Lipinski definition) is 1. The Balaban J connectivity index is 1.66. The Labute approximate surface area is 202 Å². The predicted molar refractivity (Wildman–Crippen MR) is 127 cm³/mol. The smallest absolute Gasteiger partial charge is 0.271 e. The lowest BCUT2D eigenvalue weighted by molar-refractivity contribution is -0.384. The van der Waals surface area contributed by atoms with Crippen molar-refractivity contribution in [3.63, 3.8) is 0 Å². The molecule has 12 heteroatoms. The Kier molecular flexibility index (Phi) is 6.31. The summed E-state index contributed by atoms with van der Waals surface area (Å²) in [5.74, 6) is 0.00138. The van der Waals surface area contributed by atoms with Crippen molar-refractivity contribution in [2.45, 2.75) is 4.90 Å². The number of halogens is 3. The zero-order valence-corrected chi connectivity index (χ0v) is 19.4. The SMILES string of the molecule is O=[N+]([O-])c1ccc(Oc2c(Cl)cc(S(=O)(=O)Nc3cccc4cccnc34)cc2Cl)c(Cl)c1. The molecule has 0 spiro atoms. The van der Waals surface area contributed by atoms with Crippen molar-refractivity contribution in [1.29, 1.82) is 0 Å². The third kappa shape index (κ3) is 4.81. The van der Waals surface area contributed by atoms with E-state index in [0.717, 1.165) is 11.5 Å². The lowest BCUT2D eigenvalue weighted by Crippen LogP contribution is -2.13. The summed E-state index contributed by atoms with van der Waals surface area (Å²) in [6.45, 7) is 0. The van der Waals surface area contributed by atoms with Crippen molar-refractivity contribution < 1.29 is 18.1 Å². The van der Waals surface area contributed by atoms with Crippen LogP contribution in [-0.2, 0) is 10.0 Å². The monoisotopic (exact) mass is 523 g/mol. The van der Waals surface area contributed by atoms with E-state index in [4.69, 9.17) is 39.5 Å². The molecule has 168 valence electrons. The summed E-state index contributed by atoms with van der Waals surface area (Å²) in [6.07, 6.45) is 1.56. The number of para-hydroxylation sites is 1. The van der Waals surface area contributed by atoms with Gasteiger partial charge in [-0.1, -0.05) is 53.0 Å². The lowest BCUT2D eigenvalue weighted by Gasteiger charge is -2.14. The maximum absolute atomic E-state index is 13.0. The van der Waals surface area contributed by atoms with Crippen molar-refractivity contribution in [2.75, 3.05) is 4.72 Å². The Morgan fingerprint density at radius 3 is 2.30 bits per heavy atom. The highest BCUT2D eigenvalue weighted by Crippen LogP contribution is 2.41. The van der Waals surface area contributed by atoms with Crippen LogP contribution in [-0.4, -0.2) is 18.3 Å². The normalized spacial score (nSPS) is 11.4. The zero-order chi connectivity index (χ0) is 23.8. The fraction of sp³-hybridized carbons (Fsp3) is 0. The molecule has 3 aromatic carbocycles. The van der Waals surface area contributed by atoms with Gasteiger partial charge in [0.15, 0.2) is 5.75 Å². The van der Waals surface area contributed by atoms with Gasteiger partial charge in [0, 0.05) is 23.7 Å². The van der Waals surface area contributed by atoms with Gasteiger partial charge in [0.05, 0.1) is 36.1 Å². The van der Waals surface area contributed by atoms with Gasteiger partial charge >= 0.3 is 0 Å². The van der Waals surface area contributed by atoms with Crippen LogP contribution in [0.15, 0.2) is 71.8 Å². The number of sulfonamides is 1. The van der Waals surface area contributed by atoms with Crippen molar-refractivity contribution >= 4 is 67.1 Å². The fourth-order valence-electron chi connectivity index (χ4n) is 2.98. The molecular formula is C21H12Cl3N3O5S. The molecule has 0 saturated heterocycles. The number of benzene rings is 3. The van der Waals surface area contributed by atoms with E-state index >= 15 is 0 Å². The van der Waals surface area contributed by atoms with Gasteiger partial charge in [0.1, 0.15) is 5.75 Å². The number of aromatic nitrogens is 1. The van der Waals surface area contributed by atoms with Gasteiger partial charge in [0.2, 0.25) is 0 Å². The number of anilines is 1. The van der Waals surface area contributed by atoms with E-state index in [0.29, 0.717) is 11.2 Å². The predicted octanol–water partition coefficient (Wildman–Crippen LogP) is 6.70. The molecule has 0 saturated carbocycles. The number of nitrogens with zero attached hydrogens (tertiary/aromatic N) is 2. The van der Waals surface area contributed by atoms with Crippen molar-refractivity contribution in [3.8, 4) is 11.5 Å². The van der Waals surface area contributed by atoms with Gasteiger partial charge in [0.25, 0.3) is 15.7 Å². The molecular weight excluding hydrogens is 513 g/mol. The number of ether oxygens (including phenoxy) is 1. The quantitative estimate of drug-likeness (QED) is 0.222. The van der Waals surface area contributed by atoms with Crippen LogP contribution in [0, 0.1) is 10.1 Å². The third-order valence-electron chi connectivity index (χ3n) is 4.50. The standard InChI is InChI=1S/C21H12Cl3N3O5S/c22-15-9-13(27(28)29)6-7-19(15)32-21-16(23)10-14(11-17(21)24)33(30,31)26-18-5-1-3-12-4-2-8-25-20(12)18/h1-11,26H. The van der Waals surface area contributed by atoms with Crippen LogP contribution in [0.3, 0.4) is 0 Å². The molecule has 0 atom stereocenters. The topological polar surface area (TPSA) is 111 Å². The Bertz CT molecular complexity index is 1480. The molecule has 8 nitrogen and oxygen atoms in total. The van der Waals surface area contributed by atoms with Gasteiger partial charge < -0.3 is 4.74 Å². The summed E-state index contributed by atoms with van der Waals surface area (Å²) in [7, 11) is -4.08. The largest absolute Gasteiger partial charge is 0.453 e. The van der Waals surface area contributed by atoms with Crippen LogP contribution in [0.2, 0.25) is 15.1 Å². The molecule has 0 amide bonds. The summed E-state index contributed by atoms with van der Waals surface area (Å²) in [5.41, 5.74) is 0.548. The molecule has 0 aliphatic rings. The molecule has 4 rings (SSSR count). The number of rotatable bonds is 6. The van der Waals surface area contributed by atoms with E-state index in [1.54, 1.807) is 24.4 Å². The minimum atomic E-state index is -4.08. The Hall–Kier alpha value is -3.11. The summed E-state index contributed by atoms with van der Waals surface area (Å²) < 4.78 is 34.1. The van der Waals surface area contributed by atoms with Crippen LogP contribution >= 0.6 is 34.8 Å². The minimum absolute atomic E-state index is 0.0434. The van der Waals surface area contributed by atoms with E-state index in [-0.39, 0.29) is 37.1 Å². The van der Waals surface area contributed by atoms with Gasteiger partial charge in [-0.05, 0) is 30.3 Å². The summed E-state index contributed by atoms with van der Waals surface area (Å²) in [4.78, 5) is 14.3. The number of fused-ring (bicyclic) bond motifs is 1. The molecule has 0 radical (unpaired) electrons. The van der Waals surface area contributed by atoms with Gasteiger partial charge in [-0.15, -0.1) is 0 Å². The molecule has 33 heavy (non-hydrogen) atoms. The molecule has 0 aliphatic carbocycles. The number of non-ortho nitro benzene ring substituents is 1. The molecule has 1 heterocycles. The number of hydrogen-bond acceptors (Lipinski definition) is 6. The number of nitrogens with one attached hydrogen (secondary N) is 1.